The summed E-state index contributed by atoms with van der Waals surface area (Å²) in [6.07, 6.45) is 35.1. The van der Waals surface area contributed by atoms with Gasteiger partial charge >= 0.3 is 0 Å². The standard InChI is InChI=1S/C40H56O2/c1-30(2)17-13-20-33(5)23-15-25-34(6)24-14-21-31(3)18-11-12-19-32(4)22-16-26-35(7)27-28-37-36(8)29-38(41)39(42)40(37,9)10/h11-12,14-19,21-28,38-39,41-42H,13,20,29H2,1-10H3/b12-11+,21-14+,22-16+,25-15+,28-27+,31-18+,32-19+,33-23+,34-24+,35-26+/t38-,39+/m1/s1. The van der Waals surface area contributed by atoms with E-state index in [4.69, 9.17) is 0 Å². The number of rotatable bonds is 13. The van der Waals surface area contributed by atoms with E-state index in [-0.39, 0.29) is 0 Å². The van der Waals surface area contributed by atoms with Gasteiger partial charge < -0.3 is 10.2 Å². The molecule has 0 saturated heterocycles. The molecule has 0 radical (unpaired) electrons. The van der Waals surface area contributed by atoms with E-state index >= 15 is 0 Å². The van der Waals surface area contributed by atoms with Crippen molar-refractivity contribution >= 4 is 0 Å². The Bertz CT molecular complexity index is 1250. The maximum absolute atomic E-state index is 10.4. The third-order valence-electron chi connectivity index (χ3n) is 7.38. The summed E-state index contributed by atoms with van der Waals surface area (Å²) in [7, 11) is 0. The Balaban J connectivity index is 2.63. The Kier molecular flexibility index (Phi) is 16.7. The Hall–Kier alpha value is -3.20. The molecule has 2 nitrogen and oxygen atoms in total. The highest BCUT2D eigenvalue weighted by atomic mass is 16.3. The van der Waals surface area contributed by atoms with Crippen molar-refractivity contribution in [3.8, 4) is 0 Å². The first-order valence-corrected chi connectivity index (χ1v) is 15.2. The third kappa shape index (κ3) is 14.6. The first kappa shape index (κ1) is 36.8. The Morgan fingerprint density at radius 1 is 0.690 bits per heavy atom. The normalized spacial score (nSPS) is 21.8. The van der Waals surface area contributed by atoms with Gasteiger partial charge in [0.15, 0.2) is 0 Å². The summed E-state index contributed by atoms with van der Waals surface area (Å²) in [5, 5.41) is 20.6. The fraction of sp³-hybridized carbons (Fsp3) is 0.400. The van der Waals surface area contributed by atoms with Crippen LogP contribution in [-0.2, 0) is 0 Å². The lowest BCUT2D eigenvalue weighted by atomic mass is 9.69. The van der Waals surface area contributed by atoms with Crippen LogP contribution in [0.3, 0.4) is 0 Å². The van der Waals surface area contributed by atoms with Gasteiger partial charge in [-0.15, -0.1) is 0 Å². The average molecular weight is 569 g/mol. The van der Waals surface area contributed by atoms with Gasteiger partial charge in [0.2, 0.25) is 0 Å². The molecule has 42 heavy (non-hydrogen) atoms. The highest BCUT2D eigenvalue weighted by molar-refractivity contribution is 5.39. The molecule has 0 amide bonds. The summed E-state index contributed by atoms with van der Waals surface area (Å²) in [5.41, 5.74) is 9.23. The molecule has 0 fully saturated rings. The van der Waals surface area contributed by atoms with Crippen molar-refractivity contribution in [2.24, 2.45) is 5.41 Å². The zero-order valence-corrected chi connectivity index (χ0v) is 27.9. The topological polar surface area (TPSA) is 40.5 Å². The molecule has 2 heteroatoms. The van der Waals surface area contributed by atoms with Crippen LogP contribution < -0.4 is 0 Å². The molecule has 0 aromatic carbocycles. The number of hydrogen-bond acceptors (Lipinski definition) is 2. The van der Waals surface area contributed by atoms with Crippen LogP contribution in [0.25, 0.3) is 0 Å². The molecule has 1 aliphatic rings. The minimum absolute atomic E-state index is 0.475. The van der Waals surface area contributed by atoms with Crippen LogP contribution in [0.5, 0.6) is 0 Å². The highest BCUT2D eigenvalue weighted by Crippen LogP contribution is 2.41. The zero-order valence-electron chi connectivity index (χ0n) is 27.9. The van der Waals surface area contributed by atoms with Gasteiger partial charge in [0.1, 0.15) is 0 Å². The van der Waals surface area contributed by atoms with Crippen molar-refractivity contribution in [2.45, 2.75) is 101 Å². The summed E-state index contributed by atoms with van der Waals surface area (Å²) in [6.45, 7) is 20.9. The summed E-state index contributed by atoms with van der Waals surface area (Å²) < 4.78 is 0. The van der Waals surface area contributed by atoms with Gasteiger partial charge in [-0.1, -0.05) is 150 Å². The van der Waals surface area contributed by atoms with E-state index in [2.05, 4.69) is 146 Å². The van der Waals surface area contributed by atoms with E-state index in [9.17, 15) is 10.2 Å². The number of aliphatic hydroxyl groups excluding tert-OH is 2. The summed E-state index contributed by atoms with van der Waals surface area (Å²) in [6, 6.07) is 0. The minimum Gasteiger partial charge on any atom is -0.390 e. The van der Waals surface area contributed by atoms with E-state index in [0.29, 0.717) is 6.42 Å². The molecule has 1 aliphatic carbocycles. The quantitative estimate of drug-likeness (QED) is 0.171. The molecule has 0 heterocycles. The van der Waals surface area contributed by atoms with Crippen molar-refractivity contribution in [2.75, 3.05) is 0 Å². The van der Waals surface area contributed by atoms with Crippen molar-refractivity contribution in [3.63, 3.8) is 0 Å². The maximum atomic E-state index is 10.4. The molecule has 0 spiro atoms. The van der Waals surface area contributed by atoms with E-state index in [1.54, 1.807) is 0 Å². The summed E-state index contributed by atoms with van der Waals surface area (Å²) in [4.78, 5) is 0. The van der Waals surface area contributed by atoms with Gasteiger partial charge in [-0.3, -0.25) is 0 Å². The number of allylic oxidation sites excluding steroid dienone is 22. The molecule has 0 aromatic rings. The molecule has 0 aliphatic heterocycles. The molecule has 0 bridgehead atoms. The van der Waals surface area contributed by atoms with Crippen LogP contribution in [0.15, 0.2) is 142 Å². The van der Waals surface area contributed by atoms with Gasteiger partial charge in [0.25, 0.3) is 0 Å². The highest BCUT2D eigenvalue weighted by Gasteiger charge is 2.40. The Labute approximate surface area is 257 Å². The fourth-order valence-corrected chi connectivity index (χ4v) is 4.67. The van der Waals surface area contributed by atoms with E-state index in [1.165, 1.54) is 22.3 Å². The van der Waals surface area contributed by atoms with Gasteiger partial charge in [-0.25, -0.2) is 0 Å². The predicted molar refractivity (Wildman–Crippen MR) is 186 cm³/mol. The zero-order chi connectivity index (χ0) is 31.7. The largest absolute Gasteiger partial charge is 0.390 e. The van der Waals surface area contributed by atoms with Gasteiger partial charge in [0.05, 0.1) is 12.2 Å². The average Bonchev–Trinajstić information content (AvgIpc) is 2.89. The van der Waals surface area contributed by atoms with Crippen LogP contribution in [0, 0.1) is 5.41 Å². The SMILES string of the molecule is CC(C)=CCC/C(C)=C/C=C/C(C)=C/C=C/C(C)=C/C=C/C=C(C)/C=C/C=C(C)/C=C/C1=C(C)C[C@@H](O)[C@H](O)C1(C)C. The third-order valence-corrected chi connectivity index (χ3v) is 7.38. The first-order chi connectivity index (χ1) is 19.7. The lowest BCUT2D eigenvalue weighted by molar-refractivity contribution is -0.0439. The molecular formula is C40H56O2. The van der Waals surface area contributed by atoms with E-state index in [0.717, 1.165) is 35.1 Å². The predicted octanol–water partition coefficient (Wildman–Crippen LogP) is 10.7. The number of aliphatic hydroxyl groups is 2. The van der Waals surface area contributed by atoms with Gasteiger partial charge in [-0.2, -0.15) is 0 Å². The van der Waals surface area contributed by atoms with Crippen LogP contribution in [0.4, 0.5) is 0 Å². The molecule has 0 unspecified atom stereocenters. The van der Waals surface area contributed by atoms with Gasteiger partial charge in [-0.05, 0) is 80.2 Å². The first-order valence-electron chi connectivity index (χ1n) is 15.2. The second kappa shape index (κ2) is 19.1. The maximum Gasteiger partial charge on any atom is 0.0893 e. The monoisotopic (exact) mass is 568 g/mol. The molecule has 0 saturated carbocycles. The lowest BCUT2D eigenvalue weighted by Gasteiger charge is -2.40. The van der Waals surface area contributed by atoms with Crippen molar-refractivity contribution in [1.29, 1.82) is 0 Å². The smallest absolute Gasteiger partial charge is 0.0893 e. The lowest BCUT2D eigenvalue weighted by Crippen LogP contribution is -2.44. The number of hydrogen-bond donors (Lipinski definition) is 2. The second-order valence-corrected chi connectivity index (χ2v) is 12.4. The van der Waals surface area contributed by atoms with E-state index in [1.807, 2.05) is 20.8 Å². The van der Waals surface area contributed by atoms with Crippen molar-refractivity contribution in [1.82, 2.24) is 0 Å². The molecular weight excluding hydrogens is 512 g/mol. The Morgan fingerprint density at radius 3 is 1.64 bits per heavy atom. The fourth-order valence-electron chi connectivity index (χ4n) is 4.67. The Morgan fingerprint density at radius 2 is 1.14 bits per heavy atom. The van der Waals surface area contributed by atoms with Crippen LogP contribution in [0.1, 0.15) is 88.5 Å². The van der Waals surface area contributed by atoms with E-state index < -0.39 is 17.6 Å². The molecule has 1 rings (SSSR count). The van der Waals surface area contributed by atoms with Crippen LogP contribution in [0.2, 0.25) is 0 Å². The van der Waals surface area contributed by atoms with Gasteiger partial charge in [0, 0.05) is 5.41 Å². The molecule has 0 aromatic heterocycles. The summed E-state index contributed by atoms with van der Waals surface area (Å²) >= 11 is 0. The second-order valence-electron chi connectivity index (χ2n) is 12.4. The van der Waals surface area contributed by atoms with Crippen molar-refractivity contribution < 1.29 is 10.2 Å². The van der Waals surface area contributed by atoms with Crippen LogP contribution in [-0.4, -0.2) is 22.4 Å². The summed E-state index contributed by atoms with van der Waals surface area (Å²) in [5.74, 6) is 0. The molecule has 2 N–H and O–H groups in total. The van der Waals surface area contributed by atoms with Crippen LogP contribution >= 0.6 is 0 Å². The van der Waals surface area contributed by atoms with Crippen molar-refractivity contribution in [3.05, 3.63) is 142 Å². The molecule has 228 valence electrons. The minimum atomic E-state index is -0.756. The molecule has 2 atom stereocenters.